The number of carbonyl (C=O) groups is 1. The van der Waals surface area contributed by atoms with Crippen molar-refractivity contribution in [2.45, 2.75) is 24.3 Å². The van der Waals surface area contributed by atoms with Crippen molar-refractivity contribution in [1.29, 1.82) is 0 Å². The van der Waals surface area contributed by atoms with Gasteiger partial charge in [0.2, 0.25) is 0 Å². The molecule has 0 bridgehead atoms. The highest BCUT2D eigenvalue weighted by Gasteiger charge is 2.32. The van der Waals surface area contributed by atoms with Gasteiger partial charge in [0, 0.05) is 5.56 Å². The first-order valence-electron chi connectivity index (χ1n) is 5.17. The van der Waals surface area contributed by atoms with Gasteiger partial charge in [-0.1, -0.05) is 13.0 Å². The van der Waals surface area contributed by atoms with E-state index in [1.807, 2.05) is 0 Å². The van der Waals surface area contributed by atoms with Crippen LogP contribution >= 0.6 is 0 Å². The molecule has 18 heavy (non-hydrogen) atoms. The predicted molar refractivity (Wildman–Crippen MR) is 60.7 cm³/mol. The maximum atomic E-state index is 13.3. The van der Waals surface area contributed by atoms with E-state index in [9.17, 15) is 22.0 Å². The van der Waals surface area contributed by atoms with Crippen LogP contribution in [0.1, 0.15) is 18.9 Å². The Hall–Kier alpha value is -1.50. The molecule has 4 nitrogen and oxygen atoms in total. The molecule has 1 N–H and O–H groups in total. The number of rotatable bonds is 5. The normalized spacial score (nSPS) is 13.3. The molecule has 7 heteroatoms. The Balaban J connectivity index is 3.14. The van der Waals surface area contributed by atoms with Crippen LogP contribution in [-0.4, -0.2) is 24.7 Å². The molecule has 0 radical (unpaired) electrons. The van der Waals surface area contributed by atoms with Gasteiger partial charge in [-0.25, -0.2) is 17.2 Å². The Labute approximate surface area is 103 Å². The van der Waals surface area contributed by atoms with Crippen LogP contribution in [0.15, 0.2) is 18.2 Å². The molecule has 100 valence electrons. The third-order valence-electron chi connectivity index (χ3n) is 2.49. The zero-order chi connectivity index (χ0) is 13.9. The van der Waals surface area contributed by atoms with Crippen molar-refractivity contribution in [2.75, 3.05) is 0 Å². The van der Waals surface area contributed by atoms with E-state index in [4.69, 9.17) is 5.11 Å². The van der Waals surface area contributed by atoms with Gasteiger partial charge in [0.15, 0.2) is 15.1 Å². The molecular formula is C11H12F2O4S. The van der Waals surface area contributed by atoms with Crippen LogP contribution in [0.3, 0.4) is 0 Å². The zero-order valence-electron chi connectivity index (χ0n) is 9.56. The number of hydrogen-bond acceptors (Lipinski definition) is 3. The number of sulfone groups is 1. The van der Waals surface area contributed by atoms with Gasteiger partial charge in [-0.2, -0.15) is 0 Å². The molecule has 1 aromatic carbocycles. The average molecular weight is 278 g/mol. The molecule has 0 aliphatic heterocycles. The van der Waals surface area contributed by atoms with E-state index in [-0.39, 0.29) is 6.42 Å². The van der Waals surface area contributed by atoms with E-state index >= 15 is 0 Å². The second-order valence-corrected chi connectivity index (χ2v) is 5.93. The number of carboxylic acids is 1. The largest absolute Gasteiger partial charge is 0.480 e. The zero-order valence-corrected chi connectivity index (χ0v) is 10.4. The van der Waals surface area contributed by atoms with Crippen molar-refractivity contribution in [3.8, 4) is 0 Å². The third kappa shape index (κ3) is 3.04. The standard InChI is InChI=1S/C11H12F2O4S/c1-2-10(11(14)15)18(16,17)6-7-8(12)4-3-5-9(7)13/h3-5,10H,2,6H2,1H3,(H,14,15). The minimum atomic E-state index is -4.15. The van der Waals surface area contributed by atoms with E-state index in [0.29, 0.717) is 0 Å². The van der Waals surface area contributed by atoms with Gasteiger partial charge in [0.1, 0.15) is 11.6 Å². The summed E-state index contributed by atoms with van der Waals surface area (Å²) in [6.07, 6.45) is -0.159. The summed E-state index contributed by atoms with van der Waals surface area (Å²) in [6, 6.07) is 2.96. The first-order chi connectivity index (χ1) is 8.29. The molecule has 0 saturated carbocycles. The minimum Gasteiger partial charge on any atom is -0.480 e. The average Bonchev–Trinajstić information content (AvgIpc) is 2.23. The first kappa shape index (κ1) is 14.6. The fraction of sp³-hybridized carbons (Fsp3) is 0.364. The Morgan fingerprint density at radius 1 is 1.33 bits per heavy atom. The summed E-state index contributed by atoms with van der Waals surface area (Å²) in [5.41, 5.74) is -0.628. The van der Waals surface area contributed by atoms with E-state index in [2.05, 4.69) is 0 Å². The van der Waals surface area contributed by atoms with Crippen molar-refractivity contribution in [3.63, 3.8) is 0 Å². The van der Waals surface area contributed by atoms with Crippen LogP contribution in [0.25, 0.3) is 0 Å². The van der Waals surface area contributed by atoms with Crippen LogP contribution in [0.5, 0.6) is 0 Å². The number of halogens is 2. The van der Waals surface area contributed by atoms with Crippen LogP contribution in [0.2, 0.25) is 0 Å². The predicted octanol–water partition coefficient (Wildman–Crippen LogP) is 1.74. The molecule has 1 atom stereocenters. The Kier molecular flexibility index (Phi) is 4.39. The van der Waals surface area contributed by atoms with E-state index in [1.54, 1.807) is 0 Å². The van der Waals surface area contributed by atoms with Crippen molar-refractivity contribution in [2.24, 2.45) is 0 Å². The summed E-state index contributed by atoms with van der Waals surface area (Å²) < 4.78 is 50.1. The molecule has 0 saturated heterocycles. The molecule has 1 unspecified atom stereocenters. The number of aliphatic carboxylic acids is 1. The highest BCUT2D eigenvalue weighted by atomic mass is 32.2. The quantitative estimate of drug-likeness (QED) is 0.890. The van der Waals surface area contributed by atoms with Gasteiger partial charge in [-0.15, -0.1) is 0 Å². The third-order valence-corrected chi connectivity index (χ3v) is 4.58. The summed E-state index contributed by atoms with van der Waals surface area (Å²) >= 11 is 0. The van der Waals surface area contributed by atoms with Crippen LogP contribution in [-0.2, 0) is 20.4 Å². The second kappa shape index (κ2) is 5.43. The Bertz CT molecular complexity index is 534. The maximum absolute atomic E-state index is 13.3. The highest BCUT2D eigenvalue weighted by Crippen LogP contribution is 2.19. The monoisotopic (exact) mass is 278 g/mol. The lowest BCUT2D eigenvalue weighted by Gasteiger charge is -2.12. The Morgan fingerprint density at radius 2 is 1.83 bits per heavy atom. The van der Waals surface area contributed by atoms with Gasteiger partial charge >= 0.3 is 5.97 Å². The number of benzene rings is 1. The maximum Gasteiger partial charge on any atom is 0.321 e. The van der Waals surface area contributed by atoms with Crippen molar-refractivity contribution >= 4 is 15.8 Å². The van der Waals surface area contributed by atoms with Crippen LogP contribution in [0, 0.1) is 11.6 Å². The molecule has 0 aliphatic rings. The first-order valence-corrected chi connectivity index (χ1v) is 6.88. The van der Waals surface area contributed by atoms with E-state index in [0.717, 1.165) is 18.2 Å². The van der Waals surface area contributed by atoms with Crippen LogP contribution in [0.4, 0.5) is 8.78 Å². The van der Waals surface area contributed by atoms with E-state index in [1.165, 1.54) is 6.92 Å². The second-order valence-electron chi connectivity index (χ2n) is 3.74. The smallest absolute Gasteiger partial charge is 0.321 e. The number of hydrogen-bond donors (Lipinski definition) is 1. The van der Waals surface area contributed by atoms with Gasteiger partial charge < -0.3 is 5.11 Å². The fourth-order valence-electron chi connectivity index (χ4n) is 1.55. The Morgan fingerprint density at radius 3 is 2.22 bits per heavy atom. The summed E-state index contributed by atoms with van der Waals surface area (Å²) in [4.78, 5) is 10.8. The highest BCUT2D eigenvalue weighted by molar-refractivity contribution is 7.92. The molecule has 0 fully saturated rings. The van der Waals surface area contributed by atoms with Crippen molar-refractivity contribution in [3.05, 3.63) is 35.4 Å². The summed E-state index contributed by atoms with van der Waals surface area (Å²) in [6.45, 7) is 1.38. The molecular weight excluding hydrogens is 266 g/mol. The topological polar surface area (TPSA) is 71.4 Å². The number of carboxylic acid groups (broad SMARTS) is 1. The van der Waals surface area contributed by atoms with Gasteiger partial charge in [-0.05, 0) is 18.6 Å². The molecule has 1 rings (SSSR count). The molecule has 0 aliphatic carbocycles. The fourth-order valence-corrected chi connectivity index (χ4v) is 3.25. The molecule has 1 aromatic rings. The van der Waals surface area contributed by atoms with Gasteiger partial charge in [-0.3, -0.25) is 4.79 Å². The van der Waals surface area contributed by atoms with Crippen molar-refractivity contribution in [1.82, 2.24) is 0 Å². The molecule has 0 heterocycles. The molecule has 0 aromatic heterocycles. The molecule has 0 spiro atoms. The summed E-state index contributed by atoms with van der Waals surface area (Å²) in [5, 5.41) is 7.10. The lowest BCUT2D eigenvalue weighted by Crippen LogP contribution is -2.31. The summed E-state index contributed by atoms with van der Waals surface area (Å²) in [7, 11) is -4.15. The minimum absolute atomic E-state index is 0.159. The van der Waals surface area contributed by atoms with E-state index < -0.39 is 44.0 Å². The SMILES string of the molecule is CCC(C(=O)O)S(=O)(=O)Cc1c(F)cccc1F. The van der Waals surface area contributed by atoms with Crippen LogP contribution < -0.4 is 0 Å². The van der Waals surface area contributed by atoms with Gasteiger partial charge in [0.25, 0.3) is 0 Å². The lowest BCUT2D eigenvalue weighted by atomic mass is 10.2. The van der Waals surface area contributed by atoms with Crippen molar-refractivity contribution < 1.29 is 27.1 Å². The molecule has 0 amide bonds. The summed E-state index contributed by atoms with van der Waals surface area (Å²) in [5.74, 6) is -4.48. The lowest BCUT2D eigenvalue weighted by molar-refractivity contribution is -0.136. The van der Waals surface area contributed by atoms with Gasteiger partial charge in [0.05, 0.1) is 5.75 Å².